The Morgan fingerprint density at radius 3 is 3.04 bits per heavy atom. The minimum Gasteiger partial charge on any atom is -0.377 e. The van der Waals surface area contributed by atoms with Gasteiger partial charge in [0.05, 0.1) is 16.6 Å². The van der Waals surface area contributed by atoms with Crippen LogP contribution >= 0.6 is 11.3 Å². The van der Waals surface area contributed by atoms with Crippen molar-refractivity contribution in [2.45, 2.75) is 32.3 Å². The first-order valence-electron chi connectivity index (χ1n) is 7.55. The highest BCUT2D eigenvalue weighted by atomic mass is 32.1. The van der Waals surface area contributed by atoms with Crippen LogP contribution in [0, 0.1) is 6.92 Å². The standard InChI is InChI=1S/C15H15N5O3S/c1-7-12-9(5-10(8-3-4-8)16-14(12)23-20-7)13(21)17-15-19-18-11(24-15)6-22-2/h5,8H,3-4,6H2,1-2H3,(H,17,19,21). The number of methoxy groups -OCH3 is 1. The Morgan fingerprint density at radius 1 is 1.46 bits per heavy atom. The van der Waals surface area contributed by atoms with Gasteiger partial charge in [0.25, 0.3) is 11.6 Å². The van der Waals surface area contributed by atoms with Crippen molar-refractivity contribution >= 4 is 33.5 Å². The molecule has 124 valence electrons. The van der Waals surface area contributed by atoms with Crippen LogP contribution in [0.3, 0.4) is 0 Å². The van der Waals surface area contributed by atoms with Crippen LogP contribution in [0.15, 0.2) is 10.6 Å². The van der Waals surface area contributed by atoms with Crippen LogP contribution in [0.2, 0.25) is 0 Å². The number of hydrogen-bond acceptors (Lipinski definition) is 8. The summed E-state index contributed by atoms with van der Waals surface area (Å²) in [6.45, 7) is 2.16. The first kappa shape index (κ1) is 15.2. The van der Waals surface area contributed by atoms with Crippen molar-refractivity contribution in [3.05, 3.63) is 28.0 Å². The maximum Gasteiger partial charge on any atom is 0.259 e. The van der Waals surface area contributed by atoms with E-state index in [1.54, 1.807) is 14.0 Å². The van der Waals surface area contributed by atoms with Crippen molar-refractivity contribution in [1.82, 2.24) is 20.3 Å². The van der Waals surface area contributed by atoms with Gasteiger partial charge in [0.2, 0.25) is 5.13 Å². The molecular weight excluding hydrogens is 330 g/mol. The van der Waals surface area contributed by atoms with Gasteiger partial charge in [-0.3, -0.25) is 10.1 Å². The van der Waals surface area contributed by atoms with Gasteiger partial charge < -0.3 is 9.26 Å². The summed E-state index contributed by atoms with van der Waals surface area (Å²) < 4.78 is 10.3. The average molecular weight is 345 g/mol. The van der Waals surface area contributed by atoms with Crippen molar-refractivity contribution in [2.75, 3.05) is 12.4 Å². The highest BCUT2D eigenvalue weighted by Gasteiger charge is 2.28. The molecule has 0 aromatic carbocycles. The first-order valence-corrected chi connectivity index (χ1v) is 8.37. The summed E-state index contributed by atoms with van der Waals surface area (Å²) in [4.78, 5) is 17.2. The van der Waals surface area contributed by atoms with Crippen molar-refractivity contribution in [1.29, 1.82) is 0 Å². The van der Waals surface area contributed by atoms with Gasteiger partial charge in [-0.25, -0.2) is 4.98 Å². The molecule has 9 heteroatoms. The van der Waals surface area contributed by atoms with Crippen LogP contribution in [0.1, 0.15) is 45.5 Å². The SMILES string of the molecule is COCc1nnc(NC(=O)c2cc(C3CC3)nc3onc(C)c23)s1. The maximum atomic E-state index is 12.7. The Morgan fingerprint density at radius 2 is 2.29 bits per heavy atom. The molecule has 8 nitrogen and oxygen atoms in total. The van der Waals surface area contributed by atoms with Crippen LogP contribution in [-0.4, -0.2) is 33.4 Å². The lowest BCUT2D eigenvalue weighted by atomic mass is 10.1. The van der Waals surface area contributed by atoms with E-state index in [9.17, 15) is 4.79 Å². The van der Waals surface area contributed by atoms with Gasteiger partial charge in [0.15, 0.2) is 0 Å². The number of aryl methyl sites for hydroxylation is 1. The molecule has 0 aliphatic heterocycles. The predicted octanol–water partition coefficient (Wildman–Crippen LogP) is 2.66. The van der Waals surface area contributed by atoms with Gasteiger partial charge >= 0.3 is 0 Å². The normalized spacial score (nSPS) is 14.2. The van der Waals surface area contributed by atoms with Gasteiger partial charge in [-0.2, -0.15) is 0 Å². The van der Waals surface area contributed by atoms with Crippen LogP contribution in [0.25, 0.3) is 11.1 Å². The molecule has 1 saturated carbocycles. The van der Waals surface area contributed by atoms with E-state index in [1.165, 1.54) is 11.3 Å². The monoisotopic (exact) mass is 345 g/mol. The number of carbonyl (C=O) groups is 1. The molecule has 0 saturated heterocycles. The lowest BCUT2D eigenvalue weighted by molar-refractivity contribution is 0.102. The molecule has 1 fully saturated rings. The Hall–Kier alpha value is -2.39. The third kappa shape index (κ3) is 2.76. The molecule has 0 unspecified atom stereocenters. The average Bonchev–Trinajstić information content (AvgIpc) is 3.24. The number of fused-ring (bicyclic) bond motifs is 1. The van der Waals surface area contributed by atoms with Gasteiger partial charge in [0, 0.05) is 18.7 Å². The van der Waals surface area contributed by atoms with Crippen LogP contribution in [-0.2, 0) is 11.3 Å². The molecule has 0 atom stereocenters. The minimum atomic E-state index is -0.268. The second kappa shape index (κ2) is 5.91. The fraction of sp³-hybridized carbons (Fsp3) is 0.400. The highest BCUT2D eigenvalue weighted by molar-refractivity contribution is 7.15. The van der Waals surface area contributed by atoms with E-state index in [0.29, 0.717) is 45.0 Å². The predicted molar refractivity (Wildman–Crippen MR) is 87.1 cm³/mol. The smallest absolute Gasteiger partial charge is 0.259 e. The van der Waals surface area contributed by atoms with Gasteiger partial charge in [-0.15, -0.1) is 10.2 Å². The summed E-state index contributed by atoms with van der Waals surface area (Å²) >= 11 is 1.28. The molecule has 1 aliphatic rings. The molecule has 1 N–H and O–H groups in total. The molecule has 3 heterocycles. The van der Waals surface area contributed by atoms with Crippen molar-refractivity contribution in [3.8, 4) is 0 Å². The highest BCUT2D eigenvalue weighted by Crippen LogP contribution is 2.40. The quantitative estimate of drug-likeness (QED) is 0.758. The molecule has 3 aromatic heterocycles. The van der Waals surface area contributed by atoms with E-state index >= 15 is 0 Å². The van der Waals surface area contributed by atoms with Crippen molar-refractivity contribution in [3.63, 3.8) is 0 Å². The number of aromatic nitrogens is 4. The molecule has 3 aromatic rings. The number of amides is 1. The Bertz CT molecular complexity index is 915. The van der Waals surface area contributed by atoms with Crippen molar-refractivity contribution < 1.29 is 14.1 Å². The molecule has 0 spiro atoms. The number of carbonyl (C=O) groups excluding carboxylic acids is 1. The number of rotatable bonds is 5. The molecule has 1 amide bonds. The summed E-state index contributed by atoms with van der Waals surface area (Å²) in [6, 6.07) is 1.83. The second-order valence-electron chi connectivity index (χ2n) is 5.71. The topological polar surface area (TPSA) is 103 Å². The van der Waals surface area contributed by atoms with Gasteiger partial charge in [0.1, 0.15) is 11.6 Å². The Balaban J connectivity index is 1.68. The van der Waals surface area contributed by atoms with E-state index < -0.39 is 0 Å². The second-order valence-corrected chi connectivity index (χ2v) is 6.77. The van der Waals surface area contributed by atoms with E-state index in [0.717, 1.165) is 18.5 Å². The number of anilines is 1. The first-order chi connectivity index (χ1) is 11.7. The van der Waals surface area contributed by atoms with Crippen LogP contribution in [0.5, 0.6) is 0 Å². The van der Waals surface area contributed by atoms with E-state index in [-0.39, 0.29) is 5.91 Å². The summed E-state index contributed by atoms with van der Waals surface area (Å²) in [5, 5.41) is 16.4. The lowest BCUT2D eigenvalue weighted by Crippen LogP contribution is -2.13. The molecule has 24 heavy (non-hydrogen) atoms. The summed E-state index contributed by atoms with van der Waals surface area (Å²) in [7, 11) is 1.58. The van der Waals surface area contributed by atoms with E-state index in [1.807, 2.05) is 6.07 Å². The molecular formula is C15H15N5O3S. The van der Waals surface area contributed by atoms with Crippen LogP contribution in [0.4, 0.5) is 5.13 Å². The van der Waals surface area contributed by atoms with Gasteiger partial charge in [-0.05, 0) is 25.8 Å². The minimum absolute atomic E-state index is 0.268. The van der Waals surface area contributed by atoms with Crippen LogP contribution < -0.4 is 5.32 Å². The molecule has 0 radical (unpaired) electrons. The lowest BCUT2D eigenvalue weighted by Gasteiger charge is -2.05. The molecule has 4 rings (SSSR count). The zero-order valence-corrected chi connectivity index (χ0v) is 14.0. The number of hydrogen-bond donors (Lipinski definition) is 1. The van der Waals surface area contributed by atoms with Gasteiger partial charge in [-0.1, -0.05) is 16.5 Å². The fourth-order valence-corrected chi connectivity index (χ4v) is 3.24. The third-order valence-electron chi connectivity index (χ3n) is 3.83. The number of ether oxygens (including phenoxy) is 1. The number of nitrogens with zero attached hydrogens (tertiary/aromatic N) is 4. The Kier molecular flexibility index (Phi) is 3.73. The summed E-state index contributed by atoms with van der Waals surface area (Å²) in [6.07, 6.45) is 2.17. The largest absolute Gasteiger partial charge is 0.377 e. The zero-order valence-electron chi connectivity index (χ0n) is 13.2. The summed E-state index contributed by atoms with van der Waals surface area (Å²) in [5.74, 6) is 0.136. The molecule has 1 aliphatic carbocycles. The number of pyridine rings is 1. The van der Waals surface area contributed by atoms with Crippen molar-refractivity contribution in [2.24, 2.45) is 0 Å². The van der Waals surface area contributed by atoms with E-state index in [4.69, 9.17) is 9.26 Å². The Labute approximate surface area is 141 Å². The number of nitrogens with one attached hydrogen (secondary N) is 1. The third-order valence-corrected chi connectivity index (χ3v) is 4.64. The molecule has 0 bridgehead atoms. The fourth-order valence-electron chi connectivity index (χ4n) is 2.53. The maximum absolute atomic E-state index is 12.7. The van der Waals surface area contributed by atoms with E-state index in [2.05, 4.69) is 25.7 Å². The zero-order chi connectivity index (χ0) is 16.7. The summed E-state index contributed by atoms with van der Waals surface area (Å²) in [5.41, 5.74) is 2.42.